The van der Waals surface area contributed by atoms with E-state index >= 15 is 0 Å². The minimum atomic E-state index is -0.0161. The van der Waals surface area contributed by atoms with Gasteiger partial charge in [0.25, 0.3) is 0 Å². The Balaban J connectivity index is 1.86. The van der Waals surface area contributed by atoms with Crippen molar-refractivity contribution in [2.24, 2.45) is 5.41 Å². The number of hydrogen-bond acceptors (Lipinski definition) is 2. The zero-order valence-electron chi connectivity index (χ0n) is 16.5. The third-order valence-corrected chi connectivity index (χ3v) is 6.04. The molecule has 29 heavy (non-hydrogen) atoms. The van der Waals surface area contributed by atoms with Gasteiger partial charge in [-0.1, -0.05) is 74.5 Å². The van der Waals surface area contributed by atoms with Crippen LogP contribution in [0.4, 0.5) is 0 Å². The summed E-state index contributed by atoms with van der Waals surface area (Å²) in [6.07, 6.45) is 8.95. The molecule has 2 aliphatic carbocycles. The van der Waals surface area contributed by atoms with Crippen molar-refractivity contribution < 1.29 is 0 Å². The van der Waals surface area contributed by atoms with E-state index in [0.717, 1.165) is 27.6 Å². The van der Waals surface area contributed by atoms with E-state index in [1.807, 2.05) is 24.3 Å². The number of allylic oxidation sites excluding steroid dienone is 4. The highest BCUT2D eigenvalue weighted by Crippen LogP contribution is 2.39. The summed E-state index contributed by atoms with van der Waals surface area (Å²) in [7, 11) is 0. The van der Waals surface area contributed by atoms with Crippen LogP contribution in [0.15, 0.2) is 84.5 Å². The predicted octanol–water partition coefficient (Wildman–Crippen LogP) is 4.92. The Morgan fingerprint density at radius 1 is 0.793 bits per heavy atom. The number of nitrogens with zero attached hydrogens (tertiary/aromatic N) is 2. The summed E-state index contributed by atoms with van der Waals surface area (Å²) < 4.78 is 0. The first-order chi connectivity index (χ1) is 14.1. The maximum Gasteiger partial charge on any atom is 0.0979 e. The highest BCUT2D eigenvalue weighted by Gasteiger charge is 2.29. The molecule has 0 spiro atoms. The summed E-state index contributed by atoms with van der Waals surface area (Å²) in [6.45, 7) is 4.57. The molecule has 3 aromatic carbocycles. The lowest BCUT2D eigenvalue weighted by atomic mass is 9.77. The lowest BCUT2D eigenvalue weighted by molar-refractivity contribution is 0.644. The Hall–Kier alpha value is -3.52. The maximum atomic E-state index is 5.09. The normalized spacial score (nSPS) is 16.5. The van der Waals surface area contributed by atoms with E-state index in [9.17, 15) is 0 Å². The fraction of sp³-hybridized carbons (Fsp3) is 0.111. The van der Waals surface area contributed by atoms with Crippen LogP contribution in [0.2, 0.25) is 0 Å². The lowest BCUT2D eigenvalue weighted by Crippen LogP contribution is -2.29. The average Bonchev–Trinajstić information content (AvgIpc) is 3.12. The quantitative estimate of drug-likeness (QED) is 0.443. The molecule has 0 N–H and O–H groups in total. The maximum absolute atomic E-state index is 5.09. The van der Waals surface area contributed by atoms with Crippen LogP contribution < -0.4 is 10.4 Å². The molecular formula is C27H20N2. The molecule has 0 aliphatic heterocycles. The van der Waals surface area contributed by atoms with Crippen molar-refractivity contribution in [2.45, 2.75) is 13.8 Å². The summed E-state index contributed by atoms with van der Waals surface area (Å²) >= 11 is 0. The summed E-state index contributed by atoms with van der Waals surface area (Å²) in [5.41, 5.74) is 8.79. The van der Waals surface area contributed by atoms with Gasteiger partial charge in [0.05, 0.1) is 22.1 Å². The zero-order valence-corrected chi connectivity index (χ0v) is 16.5. The van der Waals surface area contributed by atoms with Gasteiger partial charge in [-0.2, -0.15) is 0 Å². The summed E-state index contributed by atoms with van der Waals surface area (Å²) in [4.78, 5) is 10.1. The third kappa shape index (κ3) is 2.35. The molecule has 0 bridgehead atoms. The highest BCUT2D eigenvalue weighted by atomic mass is 14.8. The minimum absolute atomic E-state index is 0.0161. The monoisotopic (exact) mass is 372 g/mol. The van der Waals surface area contributed by atoms with Crippen molar-refractivity contribution >= 4 is 33.7 Å². The standard InChI is InChI=1S/C27H20N2/c1-27(2)14-8-11-18-15-21-20(24(18)27)16-19(17-9-4-3-5-10-17)25-26(21)29-23-13-7-6-12-22(23)28-25/h3-16H,1-2H3. The first kappa shape index (κ1) is 16.4. The van der Waals surface area contributed by atoms with Crippen LogP contribution in [0, 0.1) is 5.41 Å². The van der Waals surface area contributed by atoms with Crippen molar-refractivity contribution in [3.05, 3.63) is 94.9 Å². The van der Waals surface area contributed by atoms with Gasteiger partial charge in [-0.3, -0.25) is 0 Å². The van der Waals surface area contributed by atoms with Crippen LogP contribution in [0.1, 0.15) is 13.8 Å². The molecule has 2 nitrogen and oxygen atoms in total. The molecule has 0 unspecified atom stereocenters. The van der Waals surface area contributed by atoms with E-state index < -0.39 is 0 Å². The molecule has 0 saturated heterocycles. The molecule has 1 aromatic heterocycles. The topological polar surface area (TPSA) is 25.8 Å². The Morgan fingerprint density at radius 2 is 1.48 bits per heavy atom. The Bertz CT molecular complexity index is 1500. The smallest absolute Gasteiger partial charge is 0.0979 e. The van der Waals surface area contributed by atoms with Crippen LogP contribution >= 0.6 is 0 Å². The van der Waals surface area contributed by atoms with Gasteiger partial charge in [0.15, 0.2) is 0 Å². The van der Waals surface area contributed by atoms with Gasteiger partial charge in [-0.15, -0.1) is 0 Å². The molecule has 4 aromatic rings. The molecule has 0 radical (unpaired) electrons. The average molecular weight is 372 g/mol. The van der Waals surface area contributed by atoms with Crippen LogP contribution in [0.3, 0.4) is 0 Å². The van der Waals surface area contributed by atoms with Gasteiger partial charge in [0.2, 0.25) is 0 Å². The van der Waals surface area contributed by atoms with Crippen LogP contribution in [-0.2, 0) is 0 Å². The van der Waals surface area contributed by atoms with Crippen molar-refractivity contribution in [2.75, 3.05) is 0 Å². The number of para-hydroxylation sites is 2. The molecule has 6 rings (SSSR count). The third-order valence-electron chi connectivity index (χ3n) is 6.04. The van der Waals surface area contributed by atoms with Crippen LogP contribution in [0.25, 0.3) is 44.8 Å². The molecule has 0 fully saturated rings. The summed E-state index contributed by atoms with van der Waals surface area (Å²) in [5.74, 6) is 0. The molecular weight excluding hydrogens is 352 g/mol. The van der Waals surface area contributed by atoms with Crippen LogP contribution in [-0.4, -0.2) is 9.97 Å². The van der Waals surface area contributed by atoms with Gasteiger partial charge >= 0.3 is 0 Å². The van der Waals surface area contributed by atoms with E-state index in [1.54, 1.807) is 0 Å². The first-order valence-corrected chi connectivity index (χ1v) is 10.0. The van der Waals surface area contributed by atoms with Gasteiger partial charge < -0.3 is 0 Å². The van der Waals surface area contributed by atoms with E-state index in [2.05, 4.69) is 74.5 Å². The zero-order chi connectivity index (χ0) is 19.6. The highest BCUT2D eigenvalue weighted by molar-refractivity contribution is 6.00. The van der Waals surface area contributed by atoms with E-state index in [0.29, 0.717) is 0 Å². The fourth-order valence-electron chi connectivity index (χ4n) is 4.69. The Kier molecular flexibility index (Phi) is 3.25. The molecule has 2 heteroatoms. The number of fused-ring (bicyclic) bond motifs is 5. The van der Waals surface area contributed by atoms with Crippen molar-refractivity contribution in [1.82, 2.24) is 9.97 Å². The van der Waals surface area contributed by atoms with Gasteiger partial charge in [-0.05, 0) is 46.2 Å². The lowest BCUT2D eigenvalue weighted by Gasteiger charge is -2.26. The number of rotatable bonds is 1. The predicted molar refractivity (Wildman–Crippen MR) is 121 cm³/mol. The van der Waals surface area contributed by atoms with Crippen molar-refractivity contribution in [3.63, 3.8) is 0 Å². The largest absolute Gasteiger partial charge is 0.244 e. The van der Waals surface area contributed by atoms with Gasteiger partial charge in [-0.25, -0.2) is 9.97 Å². The van der Waals surface area contributed by atoms with E-state index in [4.69, 9.17) is 9.97 Å². The second-order valence-corrected chi connectivity index (χ2v) is 8.38. The first-order valence-electron chi connectivity index (χ1n) is 10.0. The van der Waals surface area contributed by atoms with Crippen molar-refractivity contribution in [3.8, 4) is 11.1 Å². The van der Waals surface area contributed by atoms with E-state index in [1.165, 1.54) is 27.1 Å². The molecule has 0 amide bonds. The summed E-state index contributed by atoms with van der Waals surface area (Å²) in [5, 5.41) is 2.47. The van der Waals surface area contributed by atoms with Gasteiger partial charge in [0.1, 0.15) is 0 Å². The Labute approximate surface area is 169 Å². The van der Waals surface area contributed by atoms with Crippen LogP contribution in [0.5, 0.6) is 0 Å². The van der Waals surface area contributed by atoms with Crippen molar-refractivity contribution in [1.29, 1.82) is 0 Å². The summed E-state index contributed by atoms with van der Waals surface area (Å²) in [6, 6.07) is 21.0. The molecule has 1 heterocycles. The van der Waals surface area contributed by atoms with Gasteiger partial charge in [0, 0.05) is 16.2 Å². The van der Waals surface area contributed by atoms with E-state index in [-0.39, 0.29) is 5.41 Å². The second kappa shape index (κ2) is 5.74. The molecule has 2 aliphatic rings. The Morgan fingerprint density at radius 3 is 2.24 bits per heavy atom. The number of hydrogen-bond donors (Lipinski definition) is 0. The SMILES string of the molecule is CC1(C)C=CC=C2C=c3c(cc(-c4ccccc4)c4nc5ccccc5nc34)=C21. The molecule has 0 atom stereocenters. The molecule has 0 saturated carbocycles. The minimum Gasteiger partial charge on any atom is -0.244 e. The number of benzene rings is 3. The number of aromatic nitrogens is 2. The molecule has 138 valence electrons. The fourth-order valence-corrected chi connectivity index (χ4v) is 4.69. The second-order valence-electron chi connectivity index (χ2n) is 8.38.